The first-order valence-electron chi connectivity index (χ1n) is 4.05. The summed E-state index contributed by atoms with van der Waals surface area (Å²) >= 11 is 1.89. The van der Waals surface area contributed by atoms with Crippen molar-refractivity contribution < 1.29 is 0 Å². The Kier molecular flexibility index (Phi) is 7.76. The maximum Gasteiger partial charge on any atom is 0.0960 e. The zero-order valence-corrected chi connectivity index (χ0v) is 8.08. The fourth-order valence-electron chi connectivity index (χ4n) is 0.804. The SMILES string of the molecule is CCNC(C#N)CCSCC. The van der Waals surface area contributed by atoms with E-state index in [2.05, 4.69) is 18.3 Å². The van der Waals surface area contributed by atoms with Crippen molar-refractivity contribution in [3.63, 3.8) is 0 Å². The molecule has 1 unspecified atom stereocenters. The fourth-order valence-corrected chi connectivity index (χ4v) is 1.50. The highest BCUT2D eigenvalue weighted by molar-refractivity contribution is 7.99. The summed E-state index contributed by atoms with van der Waals surface area (Å²) in [6.07, 6.45) is 0.961. The van der Waals surface area contributed by atoms with Crippen LogP contribution >= 0.6 is 11.8 Å². The second-order valence-corrected chi connectivity index (χ2v) is 3.62. The van der Waals surface area contributed by atoms with Crippen molar-refractivity contribution >= 4 is 11.8 Å². The first-order chi connectivity index (χ1) is 5.35. The van der Waals surface area contributed by atoms with Crippen LogP contribution in [0.2, 0.25) is 0 Å². The molecular weight excluding hydrogens is 156 g/mol. The molecule has 0 aromatic rings. The lowest BCUT2D eigenvalue weighted by molar-refractivity contribution is 0.613. The summed E-state index contributed by atoms with van der Waals surface area (Å²) in [6.45, 7) is 5.05. The molecule has 0 spiro atoms. The predicted octanol–water partition coefficient (Wildman–Crippen LogP) is 1.63. The van der Waals surface area contributed by atoms with Gasteiger partial charge in [0.1, 0.15) is 0 Å². The van der Waals surface area contributed by atoms with Crippen LogP contribution in [0.15, 0.2) is 0 Å². The van der Waals surface area contributed by atoms with E-state index in [4.69, 9.17) is 5.26 Å². The van der Waals surface area contributed by atoms with Crippen LogP contribution in [-0.2, 0) is 0 Å². The van der Waals surface area contributed by atoms with E-state index in [1.165, 1.54) is 0 Å². The van der Waals surface area contributed by atoms with Gasteiger partial charge in [-0.1, -0.05) is 13.8 Å². The Labute approximate surface area is 73.4 Å². The number of rotatable bonds is 6. The minimum atomic E-state index is 0.0547. The van der Waals surface area contributed by atoms with Crippen molar-refractivity contribution in [3.05, 3.63) is 0 Å². The molecule has 0 bridgehead atoms. The fraction of sp³-hybridized carbons (Fsp3) is 0.875. The Hall–Kier alpha value is -0.200. The largest absolute Gasteiger partial charge is 0.302 e. The third-order valence-electron chi connectivity index (χ3n) is 1.36. The van der Waals surface area contributed by atoms with Crippen LogP contribution in [0.1, 0.15) is 20.3 Å². The van der Waals surface area contributed by atoms with Gasteiger partial charge in [0, 0.05) is 0 Å². The third kappa shape index (κ3) is 6.21. The zero-order chi connectivity index (χ0) is 8.53. The summed E-state index contributed by atoms with van der Waals surface area (Å²) in [5.74, 6) is 2.23. The van der Waals surface area contributed by atoms with Crippen LogP contribution in [0.4, 0.5) is 0 Å². The van der Waals surface area contributed by atoms with Gasteiger partial charge >= 0.3 is 0 Å². The molecule has 1 N–H and O–H groups in total. The maximum atomic E-state index is 8.63. The molecule has 3 heteroatoms. The molecule has 0 amide bonds. The molecule has 2 nitrogen and oxygen atoms in total. The molecule has 0 aliphatic heterocycles. The van der Waals surface area contributed by atoms with E-state index in [9.17, 15) is 0 Å². The van der Waals surface area contributed by atoms with E-state index in [-0.39, 0.29) is 6.04 Å². The van der Waals surface area contributed by atoms with Gasteiger partial charge in [-0.05, 0) is 24.5 Å². The second kappa shape index (κ2) is 7.90. The monoisotopic (exact) mass is 172 g/mol. The van der Waals surface area contributed by atoms with Crippen LogP contribution in [0, 0.1) is 11.3 Å². The number of nitrogens with zero attached hydrogens (tertiary/aromatic N) is 1. The molecule has 0 aromatic heterocycles. The van der Waals surface area contributed by atoms with Crippen LogP contribution in [0.3, 0.4) is 0 Å². The first kappa shape index (κ1) is 10.8. The van der Waals surface area contributed by atoms with Gasteiger partial charge in [-0.25, -0.2) is 0 Å². The van der Waals surface area contributed by atoms with E-state index in [0.717, 1.165) is 24.5 Å². The smallest absolute Gasteiger partial charge is 0.0960 e. The number of hydrogen-bond acceptors (Lipinski definition) is 3. The average molecular weight is 172 g/mol. The molecule has 1 atom stereocenters. The van der Waals surface area contributed by atoms with Gasteiger partial charge in [-0.2, -0.15) is 17.0 Å². The van der Waals surface area contributed by atoms with Crippen LogP contribution in [0.5, 0.6) is 0 Å². The Morgan fingerprint density at radius 3 is 2.73 bits per heavy atom. The molecule has 0 heterocycles. The number of thioether (sulfide) groups is 1. The Morgan fingerprint density at radius 1 is 1.55 bits per heavy atom. The van der Waals surface area contributed by atoms with E-state index in [0.29, 0.717) is 0 Å². The van der Waals surface area contributed by atoms with E-state index in [1.54, 1.807) is 0 Å². The van der Waals surface area contributed by atoms with E-state index >= 15 is 0 Å². The number of hydrogen-bond donors (Lipinski definition) is 1. The summed E-state index contributed by atoms with van der Waals surface area (Å²) in [7, 11) is 0. The molecule has 11 heavy (non-hydrogen) atoms. The van der Waals surface area contributed by atoms with Crippen molar-refractivity contribution in [3.8, 4) is 6.07 Å². The third-order valence-corrected chi connectivity index (χ3v) is 2.29. The zero-order valence-electron chi connectivity index (χ0n) is 7.26. The molecule has 0 radical (unpaired) electrons. The molecule has 0 saturated carbocycles. The topological polar surface area (TPSA) is 35.8 Å². The number of nitriles is 1. The van der Waals surface area contributed by atoms with Crippen LogP contribution in [-0.4, -0.2) is 24.1 Å². The normalized spacial score (nSPS) is 12.5. The maximum absolute atomic E-state index is 8.63. The summed E-state index contributed by atoms with van der Waals surface area (Å²) in [5.41, 5.74) is 0. The molecular formula is C8H16N2S. The lowest BCUT2D eigenvalue weighted by atomic mass is 10.2. The second-order valence-electron chi connectivity index (χ2n) is 2.22. The highest BCUT2D eigenvalue weighted by atomic mass is 32.2. The molecule has 0 fully saturated rings. The quantitative estimate of drug-likeness (QED) is 0.619. The van der Waals surface area contributed by atoms with Crippen LogP contribution < -0.4 is 5.32 Å². The van der Waals surface area contributed by atoms with Crippen molar-refractivity contribution in [1.82, 2.24) is 5.32 Å². The lowest BCUT2D eigenvalue weighted by Gasteiger charge is -2.07. The van der Waals surface area contributed by atoms with Crippen molar-refractivity contribution in [2.45, 2.75) is 26.3 Å². The lowest BCUT2D eigenvalue weighted by Crippen LogP contribution is -2.27. The van der Waals surface area contributed by atoms with Gasteiger partial charge < -0.3 is 5.32 Å². The van der Waals surface area contributed by atoms with Crippen LogP contribution in [0.25, 0.3) is 0 Å². The van der Waals surface area contributed by atoms with E-state index < -0.39 is 0 Å². The van der Waals surface area contributed by atoms with E-state index in [1.807, 2.05) is 18.7 Å². The molecule has 0 aliphatic carbocycles. The summed E-state index contributed by atoms with van der Waals surface area (Å²) < 4.78 is 0. The Balaban J connectivity index is 3.30. The standard InChI is InChI=1S/C8H16N2S/c1-3-10-8(7-9)5-6-11-4-2/h8,10H,3-6H2,1-2H3. The van der Waals surface area contributed by atoms with Crippen molar-refractivity contribution in [2.75, 3.05) is 18.1 Å². The van der Waals surface area contributed by atoms with Crippen molar-refractivity contribution in [1.29, 1.82) is 5.26 Å². The molecule has 0 saturated heterocycles. The molecule has 0 aliphatic rings. The van der Waals surface area contributed by atoms with Crippen molar-refractivity contribution in [2.24, 2.45) is 0 Å². The number of nitrogens with one attached hydrogen (secondary N) is 1. The average Bonchev–Trinajstić information content (AvgIpc) is 2.03. The highest BCUT2D eigenvalue weighted by Gasteiger charge is 2.02. The molecule has 64 valence electrons. The minimum Gasteiger partial charge on any atom is -0.302 e. The predicted molar refractivity (Wildman–Crippen MR) is 50.7 cm³/mol. The highest BCUT2D eigenvalue weighted by Crippen LogP contribution is 2.03. The summed E-state index contributed by atoms with van der Waals surface area (Å²) in [6, 6.07) is 2.29. The van der Waals surface area contributed by atoms with Gasteiger partial charge in [0.25, 0.3) is 0 Å². The van der Waals surface area contributed by atoms with Gasteiger partial charge in [0.15, 0.2) is 0 Å². The molecule has 0 aromatic carbocycles. The Bertz CT molecular complexity index is 120. The Morgan fingerprint density at radius 2 is 2.27 bits per heavy atom. The van der Waals surface area contributed by atoms with Gasteiger partial charge in [0.05, 0.1) is 12.1 Å². The van der Waals surface area contributed by atoms with Gasteiger partial charge in [-0.3, -0.25) is 0 Å². The first-order valence-corrected chi connectivity index (χ1v) is 5.21. The summed E-state index contributed by atoms with van der Waals surface area (Å²) in [4.78, 5) is 0. The van der Waals surface area contributed by atoms with Gasteiger partial charge in [0.2, 0.25) is 0 Å². The summed E-state index contributed by atoms with van der Waals surface area (Å²) in [5, 5.41) is 11.8. The van der Waals surface area contributed by atoms with Gasteiger partial charge in [-0.15, -0.1) is 0 Å². The minimum absolute atomic E-state index is 0.0547. The molecule has 0 rings (SSSR count).